The van der Waals surface area contributed by atoms with Crippen LogP contribution in [0.3, 0.4) is 0 Å². The van der Waals surface area contributed by atoms with E-state index >= 15 is 0 Å². The Kier molecular flexibility index (Phi) is 3.44. The zero-order chi connectivity index (χ0) is 7.52. The van der Waals surface area contributed by atoms with E-state index in [1.165, 1.54) is 0 Å². The molecule has 2 rings (SSSR count). The fourth-order valence-corrected chi connectivity index (χ4v) is 1.19. The van der Waals surface area contributed by atoms with Crippen molar-refractivity contribution in [3.05, 3.63) is 24.3 Å². The van der Waals surface area contributed by atoms with E-state index in [0.717, 1.165) is 31.3 Å². The van der Waals surface area contributed by atoms with Gasteiger partial charge in [0.05, 0.1) is 0 Å². The van der Waals surface area contributed by atoms with Crippen molar-refractivity contribution in [3.8, 4) is 0 Å². The van der Waals surface area contributed by atoms with E-state index < -0.39 is 0 Å². The summed E-state index contributed by atoms with van der Waals surface area (Å²) in [6, 6.07) is 1.85. The smallest absolute Gasteiger partial charge is 0.128 e. The SMILES string of the molecule is Cl.c1cnc(CC2CNC2)nc1. The summed E-state index contributed by atoms with van der Waals surface area (Å²) in [6.07, 6.45) is 4.62. The third-order valence-electron chi connectivity index (χ3n) is 1.96. The number of hydrogen-bond acceptors (Lipinski definition) is 3. The molecule has 0 radical (unpaired) electrons. The van der Waals surface area contributed by atoms with Crippen LogP contribution in [0.15, 0.2) is 18.5 Å². The van der Waals surface area contributed by atoms with Crippen molar-refractivity contribution in [1.29, 1.82) is 0 Å². The average Bonchev–Trinajstić information content (AvgIpc) is 1.99. The Hall–Kier alpha value is -0.670. The van der Waals surface area contributed by atoms with Crippen molar-refractivity contribution in [1.82, 2.24) is 15.3 Å². The molecule has 1 aromatic heterocycles. The van der Waals surface area contributed by atoms with Crippen molar-refractivity contribution < 1.29 is 0 Å². The van der Waals surface area contributed by atoms with Crippen LogP contribution in [0.25, 0.3) is 0 Å². The van der Waals surface area contributed by atoms with Crippen LogP contribution in [-0.4, -0.2) is 23.1 Å². The zero-order valence-electron chi connectivity index (χ0n) is 6.73. The average molecular weight is 186 g/mol. The Morgan fingerprint density at radius 2 is 2.00 bits per heavy atom. The molecule has 1 fully saturated rings. The highest BCUT2D eigenvalue weighted by molar-refractivity contribution is 5.85. The number of halogens is 1. The number of rotatable bonds is 2. The van der Waals surface area contributed by atoms with Gasteiger partial charge in [0.2, 0.25) is 0 Å². The minimum absolute atomic E-state index is 0. The first-order chi connectivity index (χ1) is 5.45. The van der Waals surface area contributed by atoms with Crippen molar-refractivity contribution in [2.24, 2.45) is 5.92 Å². The molecule has 2 heterocycles. The maximum Gasteiger partial charge on any atom is 0.128 e. The van der Waals surface area contributed by atoms with Crippen LogP contribution < -0.4 is 5.32 Å². The third kappa shape index (κ3) is 2.16. The Balaban J connectivity index is 0.000000720. The summed E-state index contributed by atoms with van der Waals surface area (Å²) in [4.78, 5) is 8.32. The molecule has 0 atom stereocenters. The maximum atomic E-state index is 4.16. The highest BCUT2D eigenvalue weighted by Crippen LogP contribution is 2.07. The third-order valence-corrected chi connectivity index (χ3v) is 1.96. The number of hydrogen-bond donors (Lipinski definition) is 1. The summed E-state index contributed by atoms with van der Waals surface area (Å²) < 4.78 is 0. The van der Waals surface area contributed by atoms with Crippen LogP contribution >= 0.6 is 12.4 Å². The molecule has 1 aromatic rings. The van der Waals surface area contributed by atoms with E-state index in [-0.39, 0.29) is 12.4 Å². The van der Waals surface area contributed by atoms with Gasteiger partial charge in [0.1, 0.15) is 5.82 Å². The molecule has 1 N–H and O–H groups in total. The Bertz CT molecular complexity index is 223. The van der Waals surface area contributed by atoms with Gasteiger partial charge in [-0.2, -0.15) is 0 Å². The predicted octanol–water partition coefficient (Wildman–Crippen LogP) is 0.660. The highest BCUT2D eigenvalue weighted by Gasteiger charge is 2.17. The molecular formula is C8H12ClN3. The van der Waals surface area contributed by atoms with Gasteiger partial charge >= 0.3 is 0 Å². The monoisotopic (exact) mass is 185 g/mol. The van der Waals surface area contributed by atoms with Crippen LogP contribution in [0.2, 0.25) is 0 Å². The topological polar surface area (TPSA) is 37.8 Å². The lowest BCUT2D eigenvalue weighted by Crippen LogP contribution is -2.43. The largest absolute Gasteiger partial charge is 0.316 e. The van der Waals surface area contributed by atoms with Gasteiger partial charge in [-0.15, -0.1) is 12.4 Å². The first-order valence-electron chi connectivity index (χ1n) is 3.92. The van der Waals surface area contributed by atoms with Gasteiger partial charge in [-0.25, -0.2) is 9.97 Å². The fraction of sp³-hybridized carbons (Fsp3) is 0.500. The quantitative estimate of drug-likeness (QED) is 0.736. The van der Waals surface area contributed by atoms with Gasteiger partial charge in [-0.1, -0.05) is 0 Å². The molecule has 0 amide bonds. The molecule has 1 saturated heterocycles. The molecule has 12 heavy (non-hydrogen) atoms. The Morgan fingerprint density at radius 1 is 1.33 bits per heavy atom. The van der Waals surface area contributed by atoms with Gasteiger partial charge in [0.25, 0.3) is 0 Å². The first kappa shape index (κ1) is 9.42. The fourth-order valence-electron chi connectivity index (χ4n) is 1.19. The van der Waals surface area contributed by atoms with E-state index in [2.05, 4.69) is 15.3 Å². The minimum Gasteiger partial charge on any atom is -0.316 e. The Labute approximate surface area is 78.0 Å². The molecule has 0 spiro atoms. The lowest BCUT2D eigenvalue weighted by Gasteiger charge is -2.25. The van der Waals surface area contributed by atoms with Crippen molar-refractivity contribution in [3.63, 3.8) is 0 Å². The van der Waals surface area contributed by atoms with Crippen molar-refractivity contribution in [2.45, 2.75) is 6.42 Å². The number of nitrogens with zero attached hydrogens (tertiary/aromatic N) is 2. The molecule has 0 unspecified atom stereocenters. The second-order valence-corrected chi connectivity index (χ2v) is 2.89. The molecule has 1 aliphatic rings. The van der Waals surface area contributed by atoms with Gasteiger partial charge in [-0.05, 0) is 25.1 Å². The van der Waals surface area contributed by atoms with E-state index in [9.17, 15) is 0 Å². The van der Waals surface area contributed by atoms with Gasteiger partial charge in [0.15, 0.2) is 0 Å². The van der Waals surface area contributed by atoms with E-state index in [0.29, 0.717) is 0 Å². The first-order valence-corrected chi connectivity index (χ1v) is 3.92. The van der Waals surface area contributed by atoms with Crippen molar-refractivity contribution >= 4 is 12.4 Å². The molecule has 0 aliphatic carbocycles. The normalized spacial score (nSPS) is 16.3. The maximum absolute atomic E-state index is 4.16. The summed E-state index contributed by atoms with van der Waals surface area (Å²) in [5.41, 5.74) is 0. The van der Waals surface area contributed by atoms with Crippen LogP contribution in [0.4, 0.5) is 0 Å². The molecule has 66 valence electrons. The van der Waals surface area contributed by atoms with E-state index in [1.54, 1.807) is 12.4 Å². The molecule has 3 nitrogen and oxygen atoms in total. The van der Waals surface area contributed by atoms with Crippen LogP contribution in [0.5, 0.6) is 0 Å². The molecular weight excluding hydrogens is 174 g/mol. The van der Waals surface area contributed by atoms with Crippen LogP contribution in [0.1, 0.15) is 5.82 Å². The molecule has 0 bridgehead atoms. The van der Waals surface area contributed by atoms with Gasteiger partial charge in [0, 0.05) is 18.8 Å². The summed E-state index contributed by atoms with van der Waals surface area (Å²) in [5, 5.41) is 3.23. The summed E-state index contributed by atoms with van der Waals surface area (Å²) in [7, 11) is 0. The summed E-state index contributed by atoms with van der Waals surface area (Å²) in [6.45, 7) is 2.25. The predicted molar refractivity (Wildman–Crippen MR) is 49.3 cm³/mol. The zero-order valence-corrected chi connectivity index (χ0v) is 7.55. The van der Waals surface area contributed by atoms with E-state index in [1.807, 2.05) is 6.07 Å². The second-order valence-electron chi connectivity index (χ2n) is 2.89. The molecule has 1 aliphatic heterocycles. The molecule has 0 aromatic carbocycles. The number of nitrogens with one attached hydrogen (secondary N) is 1. The molecule has 4 heteroatoms. The second kappa shape index (κ2) is 4.38. The molecule has 0 saturated carbocycles. The van der Waals surface area contributed by atoms with Crippen molar-refractivity contribution in [2.75, 3.05) is 13.1 Å². The van der Waals surface area contributed by atoms with Crippen LogP contribution in [-0.2, 0) is 6.42 Å². The lowest BCUT2D eigenvalue weighted by molar-refractivity contribution is 0.341. The summed E-state index contributed by atoms with van der Waals surface area (Å²) >= 11 is 0. The van der Waals surface area contributed by atoms with Gasteiger partial charge in [-0.3, -0.25) is 0 Å². The minimum atomic E-state index is 0. The lowest BCUT2D eigenvalue weighted by atomic mass is 9.99. The standard InChI is InChI=1S/C8H11N3.ClH/c1-2-10-8(11-3-1)4-7-5-9-6-7;/h1-3,7,9H,4-6H2;1H. The van der Waals surface area contributed by atoms with Gasteiger partial charge < -0.3 is 5.32 Å². The van der Waals surface area contributed by atoms with E-state index in [4.69, 9.17) is 0 Å². The Morgan fingerprint density at radius 3 is 2.50 bits per heavy atom. The highest BCUT2D eigenvalue weighted by atomic mass is 35.5. The summed E-state index contributed by atoms with van der Waals surface area (Å²) in [5.74, 6) is 1.73. The van der Waals surface area contributed by atoms with Crippen LogP contribution in [0, 0.1) is 5.92 Å². The number of aromatic nitrogens is 2.